The van der Waals surface area contributed by atoms with Gasteiger partial charge in [-0.15, -0.1) is 0 Å². The number of aromatic nitrogens is 1. The normalized spacial score (nSPS) is 14.9. The van der Waals surface area contributed by atoms with E-state index in [1.54, 1.807) is 0 Å². The molecule has 0 radical (unpaired) electrons. The van der Waals surface area contributed by atoms with Gasteiger partial charge in [0.05, 0.1) is 12.8 Å². The average molecular weight is 234 g/mol. The first-order valence-electron chi connectivity index (χ1n) is 6.66. The minimum Gasteiger partial charge on any atom is -0.492 e. The van der Waals surface area contributed by atoms with Gasteiger partial charge in [0.25, 0.3) is 0 Å². The Hall–Kier alpha value is -1.09. The fourth-order valence-corrected chi connectivity index (χ4v) is 1.83. The molecule has 17 heavy (non-hydrogen) atoms. The summed E-state index contributed by atoms with van der Waals surface area (Å²) in [5, 5.41) is 3.40. The maximum absolute atomic E-state index is 5.82. The van der Waals surface area contributed by atoms with E-state index in [1.807, 2.05) is 18.5 Å². The van der Waals surface area contributed by atoms with Crippen LogP contribution in [0.3, 0.4) is 0 Å². The van der Waals surface area contributed by atoms with Crippen molar-refractivity contribution in [1.82, 2.24) is 10.3 Å². The van der Waals surface area contributed by atoms with Crippen LogP contribution in [0.5, 0.6) is 5.75 Å². The van der Waals surface area contributed by atoms with Gasteiger partial charge in [0.15, 0.2) is 0 Å². The van der Waals surface area contributed by atoms with E-state index in [-0.39, 0.29) is 0 Å². The molecule has 1 N–H and O–H groups in total. The van der Waals surface area contributed by atoms with Crippen molar-refractivity contribution in [3.8, 4) is 5.75 Å². The predicted octanol–water partition coefficient (Wildman–Crippen LogP) is 2.76. The molecule has 0 aliphatic heterocycles. The van der Waals surface area contributed by atoms with Gasteiger partial charge in [-0.3, -0.25) is 4.98 Å². The predicted molar refractivity (Wildman–Crippen MR) is 69.1 cm³/mol. The van der Waals surface area contributed by atoms with Crippen molar-refractivity contribution in [3.05, 3.63) is 24.0 Å². The minimum absolute atomic E-state index is 0.830. The zero-order valence-corrected chi connectivity index (χ0v) is 10.6. The molecule has 94 valence electrons. The molecule has 1 aliphatic rings. The third kappa shape index (κ3) is 4.35. The van der Waals surface area contributed by atoms with Crippen molar-refractivity contribution in [2.24, 2.45) is 5.92 Å². The largest absolute Gasteiger partial charge is 0.492 e. The maximum Gasteiger partial charge on any atom is 0.142 e. The Morgan fingerprint density at radius 1 is 1.47 bits per heavy atom. The molecule has 0 unspecified atom stereocenters. The molecule has 0 atom stereocenters. The zero-order valence-electron chi connectivity index (χ0n) is 10.6. The van der Waals surface area contributed by atoms with E-state index in [0.717, 1.165) is 37.8 Å². The third-order valence-corrected chi connectivity index (χ3v) is 3.09. The lowest BCUT2D eigenvalue weighted by atomic mass is 10.2. The lowest BCUT2D eigenvalue weighted by molar-refractivity contribution is 0.297. The number of nitrogens with one attached hydrogen (secondary N) is 1. The van der Waals surface area contributed by atoms with Crippen molar-refractivity contribution in [2.45, 2.75) is 39.2 Å². The molecule has 2 rings (SSSR count). The fraction of sp³-hybridized carbons (Fsp3) is 0.643. The Balaban J connectivity index is 1.80. The lowest BCUT2D eigenvalue weighted by Gasteiger charge is -2.11. The SMILES string of the molecule is CCCNCc1ccncc1OCCC1CC1. The Labute approximate surface area is 104 Å². The fourth-order valence-electron chi connectivity index (χ4n) is 1.83. The smallest absolute Gasteiger partial charge is 0.142 e. The van der Waals surface area contributed by atoms with E-state index >= 15 is 0 Å². The molecule has 0 aromatic carbocycles. The van der Waals surface area contributed by atoms with Gasteiger partial charge in [0.2, 0.25) is 0 Å². The first kappa shape index (κ1) is 12.4. The molecular formula is C14H22N2O. The molecule has 0 saturated heterocycles. The molecule has 1 saturated carbocycles. The van der Waals surface area contributed by atoms with Gasteiger partial charge < -0.3 is 10.1 Å². The van der Waals surface area contributed by atoms with Crippen LogP contribution in [-0.4, -0.2) is 18.1 Å². The highest BCUT2D eigenvalue weighted by Gasteiger charge is 2.20. The Morgan fingerprint density at radius 3 is 3.12 bits per heavy atom. The Morgan fingerprint density at radius 2 is 2.35 bits per heavy atom. The van der Waals surface area contributed by atoms with Gasteiger partial charge in [0, 0.05) is 18.3 Å². The molecule has 1 aromatic rings. The number of hydrogen-bond acceptors (Lipinski definition) is 3. The van der Waals surface area contributed by atoms with E-state index in [0.29, 0.717) is 0 Å². The average Bonchev–Trinajstić information content (AvgIpc) is 3.15. The maximum atomic E-state index is 5.82. The summed E-state index contributed by atoms with van der Waals surface area (Å²) in [7, 11) is 0. The van der Waals surface area contributed by atoms with Gasteiger partial charge in [-0.05, 0) is 31.4 Å². The van der Waals surface area contributed by atoms with Crippen molar-refractivity contribution < 1.29 is 4.74 Å². The van der Waals surface area contributed by atoms with Crippen LogP contribution in [0, 0.1) is 5.92 Å². The van der Waals surface area contributed by atoms with Crippen LogP contribution in [0.4, 0.5) is 0 Å². The van der Waals surface area contributed by atoms with Crippen LogP contribution < -0.4 is 10.1 Å². The van der Waals surface area contributed by atoms with Crippen molar-refractivity contribution in [3.63, 3.8) is 0 Å². The van der Waals surface area contributed by atoms with Crippen LogP contribution in [0.15, 0.2) is 18.5 Å². The zero-order chi connectivity index (χ0) is 11.9. The molecule has 1 aromatic heterocycles. The van der Waals surface area contributed by atoms with Crippen LogP contribution in [0.1, 0.15) is 38.2 Å². The first-order chi connectivity index (χ1) is 8.40. The van der Waals surface area contributed by atoms with Crippen molar-refractivity contribution >= 4 is 0 Å². The molecule has 0 spiro atoms. The second kappa shape index (κ2) is 6.60. The second-order valence-electron chi connectivity index (χ2n) is 4.74. The van der Waals surface area contributed by atoms with Crippen LogP contribution in [0.25, 0.3) is 0 Å². The van der Waals surface area contributed by atoms with Gasteiger partial charge in [-0.2, -0.15) is 0 Å². The summed E-state index contributed by atoms with van der Waals surface area (Å²) in [6.07, 6.45) is 8.79. The van der Waals surface area contributed by atoms with Crippen LogP contribution in [0.2, 0.25) is 0 Å². The number of hydrogen-bond donors (Lipinski definition) is 1. The highest BCUT2D eigenvalue weighted by atomic mass is 16.5. The summed E-state index contributed by atoms with van der Waals surface area (Å²) in [4.78, 5) is 4.13. The summed E-state index contributed by atoms with van der Waals surface area (Å²) in [5.74, 6) is 1.87. The highest BCUT2D eigenvalue weighted by Crippen LogP contribution is 2.32. The van der Waals surface area contributed by atoms with Gasteiger partial charge >= 0.3 is 0 Å². The highest BCUT2D eigenvalue weighted by molar-refractivity contribution is 5.29. The standard InChI is InChI=1S/C14H22N2O/c1-2-7-15-10-13-5-8-16-11-14(13)17-9-6-12-3-4-12/h5,8,11-12,15H,2-4,6-7,9-10H2,1H3. The van der Waals surface area contributed by atoms with E-state index in [9.17, 15) is 0 Å². The molecular weight excluding hydrogens is 212 g/mol. The molecule has 1 fully saturated rings. The molecule has 3 heteroatoms. The van der Waals surface area contributed by atoms with Crippen LogP contribution in [-0.2, 0) is 6.54 Å². The van der Waals surface area contributed by atoms with Crippen molar-refractivity contribution in [2.75, 3.05) is 13.2 Å². The van der Waals surface area contributed by atoms with Gasteiger partial charge in [0.1, 0.15) is 5.75 Å². The number of pyridine rings is 1. The number of ether oxygens (including phenoxy) is 1. The third-order valence-electron chi connectivity index (χ3n) is 3.09. The van der Waals surface area contributed by atoms with Crippen molar-refractivity contribution in [1.29, 1.82) is 0 Å². The van der Waals surface area contributed by atoms with Crippen LogP contribution >= 0.6 is 0 Å². The molecule has 0 bridgehead atoms. The second-order valence-corrected chi connectivity index (χ2v) is 4.74. The van der Waals surface area contributed by atoms with Gasteiger partial charge in [-0.25, -0.2) is 0 Å². The summed E-state index contributed by atoms with van der Waals surface area (Å²) in [6, 6.07) is 2.04. The molecule has 0 amide bonds. The Kier molecular flexibility index (Phi) is 4.80. The van der Waals surface area contributed by atoms with Gasteiger partial charge in [-0.1, -0.05) is 19.8 Å². The molecule has 3 nitrogen and oxygen atoms in total. The lowest BCUT2D eigenvalue weighted by Crippen LogP contribution is -2.15. The topological polar surface area (TPSA) is 34.2 Å². The summed E-state index contributed by atoms with van der Waals surface area (Å²) in [5.41, 5.74) is 1.21. The van der Waals surface area contributed by atoms with E-state index in [2.05, 4.69) is 17.2 Å². The number of nitrogens with zero attached hydrogens (tertiary/aromatic N) is 1. The summed E-state index contributed by atoms with van der Waals surface area (Å²) >= 11 is 0. The van der Waals surface area contributed by atoms with E-state index < -0.39 is 0 Å². The summed E-state index contributed by atoms with van der Waals surface area (Å²) in [6.45, 7) is 4.92. The molecule has 1 heterocycles. The monoisotopic (exact) mass is 234 g/mol. The Bertz CT molecular complexity index is 337. The molecule has 1 aliphatic carbocycles. The van der Waals surface area contributed by atoms with E-state index in [4.69, 9.17) is 4.74 Å². The first-order valence-corrected chi connectivity index (χ1v) is 6.66. The summed E-state index contributed by atoms with van der Waals surface area (Å²) < 4.78 is 5.82. The van der Waals surface area contributed by atoms with E-state index in [1.165, 1.54) is 24.8 Å². The number of rotatable bonds is 8. The quantitative estimate of drug-likeness (QED) is 0.702. The minimum atomic E-state index is 0.830.